The number of benzene rings is 1. The quantitative estimate of drug-likeness (QED) is 0.810. The Bertz CT molecular complexity index is 583. The van der Waals surface area contributed by atoms with Gasteiger partial charge in [0.2, 0.25) is 5.91 Å². The molecule has 3 atom stereocenters. The summed E-state index contributed by atoms with van der Waals surface area (Å²) in [6.45, 7) is 2.15. The first-order valence-electron chi connectivity index (χ1n) is 7.20. The average molecular weight is 297 g/mol. The van der Waals surface area contributed by atoms with E-state index < -0.39 is 17.2 Å². The van der Waals surface area contributed by atoms with Crippen LogP contribution in [-0.4, -0.2) is 22.8 Å². The minimum atomic E-state index is -3.05. The first-order chi connectivity index (χ1) is 9.74. The van der Waals surface area contributed by atoms with Gasteiger partial charge in [0.1, 0.15) is 11.2 Å². The van der Waals surface area contributed by atoms with Gasteiger partial charge in [-0.15, -0.1) is 0 Å². The molecule has 2 saturated heterocycles. The van der Waals surface area contributed by atoms with Crippen LogP contribution in [0.4, 0.5) is 13.2 Å². The number of carbonyl (C=O) groups excluding carboxylic acids is 1. The molecule has 2 heterocycles. The van der Waals surface area contributed by atoms with Crippen LogP contribution < -0.4 is 0 Å². The molecule has 1 amide bonds. The highest BCUT2D eigenvalue weighted by Gasteiger charge is 2.62. The third-order valence-electron chi connectivity index (χ3n) is 5.06. The minimum absolute atomic E-state index is 0.165. The molecule has 0 saturated carbocycles. The van der Waals surface area contributed by atoms with E-state index >= 15 is 0 Å². The van der Waals surface area contributed by atoms with Crippen LogP contribution in [0.2, 0.25) is 0 Å². The van der Waals surface area contributed by atoms with Gasteiger partial charge in [0, 0.05) is 13.0 Å². The monoisotopic (exact) mass is 297 g/mol. The predicted octanol–water partition coefficient (Wildman–Crippen LogP) is 3.92. The van der Waals surface area contributed by atoms with Crippen molar-refractivity contribution >= 4 is 5.91 Å². The summed E-state index contributed by atoms with van der Waals surface area (Å²) in [5.74, 6) is -3.93. The van der Waals surface area contributed by atoms with E-state index in [1.807, 2.05) is 0 Å². The second-order valence-corrected chi connectivity index (χ2v) is 6.44. The van der Waals surface area contributed by atoms with Crippen molar-refractivity contribution in [2.75, 3.05) is 0 Å². The Hall–Kier alpha value is -1.52. The van der Waals surface area contributed by atoms with Gasteiger partial charge in [-0.3, -0.25) is 4.79 Å². The number of nitrogens with zero attached hydrogens (tertiary/aromatic N) is 1. The number of hydrogen-bond donors (Lipinski definition) is 0. The van der Waals surface area contributed by atoms with Gasteiger partial charge in [0.05, 0.1) is 6.04 Å². The SMILES string of the molecule is CC(F)(F)C1(C)C[C@H]2CC[C@@H](c3cccc(F)c3)N2C1=O. The molecule has 0 aromatic heterocycles. The number of alkyl halides is 2. The van der Waals surface area contributed by atoms with Gasteiger partial charge in [0.25, 0.3) is 5.92 Å². The molecule has 0 N–H and O–H groups in total. The van der Waals surface area contributed by atoms with E-state index in [2.05, 4.69) is 0 Å². The van der Waals surface area contributed by atoms with Crippen LogP contribution >= 0.6 is 0 Å². The second kappa shape index (κ2) is 4.49. The highest BCUT2D eigenvalue weighted by molar-refractivity contribution is 5.87. The molecule has 1 aromatic carbocycles. The Labute approximate surface area is 121 Å². The molecule has 3 rings (SSSR count). The smallest absolute Gasteiger partial charge is 0.259 e. The first kappa shape index (κ1) is 14.4. The lowest BCUT2D eigenvalue weighted by Gasteiger charge is -2.31. The summed E-state index contributed by atoms with van der Waals surface area (Å²) >= 11 is 0. The fourth-order valence-electron chi connectivity index (χ4n) is 3.64. The fraction of sp³-hybridized carbons (Fsp3) is 0.562. The number of amides is 1. The van der Waals surface area contributed by atoms with E-state index in [0.717, 1.165) is 6.92 Å². The highest BCUT2D eigenvalue weighted by atomic mass is 19.3. The zero-order valence-corrected chi connectivity index (χ0v) is 12.1. The van der Waals surface area contributed by atoms with Gasteiger partial charge in [-0.25, -0.2) is 13.2 Å². The number of halogens is 3. The van der Waals surface area contributed by atoms with E-state index in [1.165, 1.54) is 19.1 Å². The van der Waals surface area contributed by atoms with Crippen molar-refractivity contribution in [3.63, 3.8) is 0 Å². The van der Waals surface area contributed by atoms with E-state index in [-0.39, 0.29) is 24.3 Å². The van der Waals surface area contributed by atoms with Gasteiger partial charge < -0.3 is 4.90 Å². The summed E-state index contributed by atoms with van der Waals surface area (Å²) < 4.78 is 41.1. The molecule has 2 fully saturated rings. The number of rotatable bonds is 2. The van der Waals surface area contributed by atoms with Crippen LogP contribution in [0, 0.1) is 11.2 Å². The maximum absolute atomic E-state index is 13.9. The molecule has 21 heavy (non-hydrogen) atoms. The normalized spacial score (nSPS) is 32.6. The molecule has 2 aliphatic heterocycles. The Morgan fingerprint density at radius 1 is 1.33 bits per heavy atom. The van der Waals surface area contributed by atoms with Crippen molar-refractivity contribution in [3.8, 4) is 0 Å². The summed E-state index contributed by atoms with van der Waals surface area (Å²) in [6.07, 6.45) is 1.56. The lowest BCUT2D eigenvalue weighted by atomic mass is 9.80. The zero-order valence-electron chi connectivity index (χ0n) is 12.1. The maximum Gasteiger partial charge on any atom is 0.259 e. The van der Waals surface area contributed by atoms with Gasteiger partial charge >= 0.3 is 0 Å². The molecule has 0 aliphatic carbocycles. The summed E-state index contributed by atoms with van der Waals surface area (Å²) in [6, 6.07) is 5.62. The van der Waals surface area contributed by atoms with E-state index in [0.29, 0.717) is 18.4 Å². The Morgan fingerprint density at radius 2 is 2.05 bits per heavy atom. The van der Waals surface area contributed by atoms with Crippen molar-refractivity contribution in [1.82, 2.24) is 4.90 Å². The molecular formula is C16H18F3NO. The van der Waals surface area contributed by atoms with Gasteiger partial charge in [0.15, 0.2) is 0 Å². The molecule has 0 radical (unpaired) electrons. The van der Waals surface area contributed by atoms with Crippen molar-refractivity contribution in [2.45, 2.75) is 51.1 Å². The van der Waals surface area contributed by atoms with Crippen LogP contribution in [0.1, 0.15) is 44.7 Å². The number of fused-ring (bicyclic) bond motifs is 1. The molecule has 0 spiro atoms. The fourth-order valence-corrected chi connectivity index (χ4v) is 3.64. The first-order valence-corrected chi connectivity index (χ1v) is 7.20. The Balaban J connectivity index is 1.95. The Morgan fingerprint density at radius 3 is 2.67 bits per heavy atom. The summed E-state index contributed by atoms with van der Waals surface area (Å²) in [5, 5.41) is 0. The van der Waals surface area contributed by atoms with E-state index in [9.17, 15) is 18.0 Å². The molecule has 1 unspecified atom stereocenters. The molecule has 114 valence electrons. The summed E-state index contributed by atoms with van der Waals surface area (Å²) in [7, 11) is 0. The van der Waals surface area contributed by atoms with Crippen LogP contribution in [0.25, 0.3) is 0 Å². The van der Waals surface area contributed by atoms with Crippen LogP contribution in [0.3, 0.4) is 0 Å². The van der Waals surface area contributed by atoms with Crippen molar-refractivity contribution in [1.29, 1.82) is 0 Å². The second-order valence-electron chi connectivity index (χ2n) is 6.44. The highest BCUT2D eigenvalue weighted by Crippen LogP contribution is 2.54. The molecule has 2 aliphatic rings. The summed E-state index contributed by atoms with van der Waals surface area (Å²) in [4.78, 5) is 14.1. The third-order valence-corrected chi connectivity index (χ3v) is 5.06. The maximum atomic E-state index is 13.9. The van der Waals surface area contributed by atoms with Crippen LogP contribution in [-0.2, 0) is 4.79 Å². The van der Waals surface area contributed by atoms with Gasteiger partial charge in [-0.1, -0.05) is 12.1 Å². The topological polar surface area (TPSA) is 20.3 Å². The molecular weight excluding hydrogens is 279 g/mol. The van der Waals surface area contributed by atoms with Gasteiger partial charge in [-0.05, 0) is 43.9 Å². The van der Waals surface area contributed by atoms with Crippen LogP contribution in [0.15, 0.2) is 24.3 Å². The predicted molar refractivity (Wildman–Crippen MR) is 72.4 cm³/mol. The lowest BCUT2D eigenvalue weighted by molar-refractivity contribution is -0.156. The average Bonchev–Trinajstić information content (AvgIpc) is 2.89. The zero-order chi connectivity index (χ0) is 15.4. The van der Waals surface area contributed by atoms with Crippen molar-refractivity contribution in [2.24, 2.45) is 5.41 Å². The van der Waals surface area contributed by atoms with E-state index in [4.69, 9.17) is 0 Å². The standard InChI is InChI=1S/C16H18F3NO/c1-15(16(2,18)19)9-12-6-7-13(20(12)14(15)21)10-4-3-5-11(17)8-10/h3-5,8,12-13H,6-7,9H2,1-2H3/t12-,13+,15?/m1/s1. The van der Waals surface area contributed by atoms with Crippen LogP contribution in [0.5, 0.6) is 0 Å². The Kier molecular flexibility index (Phi) is 3.08. The third kappa shape index (κ3) is 2.05. The molecule has 2 nitrogen and oxygen atoms in total. The minimum Gasteiger partial charge on any atom is -0.332 e. The number of carbonyl (C=O) groups is 1. The van der Waals surface area contributed by atoms with Crippen molar-refractivity contribution < 1.29 is 18.0 Å². The molecule has 1 aromatic rings. The lowest BCUT2D eigenvalue weighted by Crippen LogP contribution is -2.44. The van der Waals surface area contributed by atoms with E-state index in [1.54, 1.807) is 17.0 Å². The number of hydrogen-bond acceptors (Lipinski definition) is 1. The summed E-state index contributed by atoms with van der Waals surface area (Å²) in [5.41, 5.74) is -0.960. The van der Waals surface area contributed by atoms with Gasteiger partial charge in [-0.2, -0.15) is 0 Å². The largest absolute Gasteiger partial charge is 0.332 e. The molecule has 0 bridgehead atoms. The molecule has 5 heteroatoms. The van der Waals surface area contributed by atoms with Crippen molar-refractivity contribution in [3.05, 3.63) is 35.6 Å².